The monoisotopic (exact) mass is 564 g/mol. The maximum absolute atomic E-state index is 6.75. The van der Waals surface area contributed by atoms with Crippen LogP contribution in [0.2, 0.25) is 45.8 Å². The molecule has 5 aliphatic rings. The standard InChI is InChI=1S/C10H28O12Si8/c1-10-13-27(6)16-25(4)11-9-12-26(5)17-28(7,15-24(10,3)14-23-2)21-30(10,20-27)22-29(8,18-25)19-26/h9,23H2,1-8H3. The molecule has 0 aliphatic carbocycles. The van der Waals surface area contributed by atoms with Gasteiger partial charge in [-0.05, 0) is 13.5 Å². The van der Waals surface area contributed by atoms with Gasteiger partial charge in [-0.3, -0.25) is 0 Å². The Bertz CT molecular complexity index is 785. The van der Waals surface area contributed by atoms with Crippen molar-refractivity contribution < 1.29 is 50.3 Å². The van der Waals surface area contributed by atoms with Gasteiger partial charge in [0.05, 0.1) is 0 Å². The van der Waals surface area contributed by atoms with E-state index in [4.69, 9.17) is 50.3 Å². The summed E-state index contributed by atoms with van der Waals surface area (Å²) in [6.45, 7) is 14.7. The summed E-state index contributed by atoms with van der Waals surface area (Å²) in [4.78, 5) is -1.06. The number of hydrogen-bond acceptors (Lipinski definition) is 12. The molecule has 0 aromatic rings. The Balaban J connectivity index is 1.76. The number of fused-ring (bicyclic) bond motifs is 4. The second kappa shape index (κ2) is 6.47. The SMILES string of the molecule is C[SiH2]O[Si]1(C)O[Si]2(C)O[Si]3(C)OCO[Si]4(C)O[Si]5(C)OC1(C)[Si](O5)(O[Si](C)(O4)O3)O2. The molecule has 8 atom stereocenters. The van der Waals surface area contributed by atoms with Crippen molar-refractivity contribution in [2.45, 2.75) is 57.6 Å². The van der Waals surface area contributed by atoms with Gasteiger partial charge in [0.25, 0.3) is 0 Å². The van der Waals surface area contributed by atoms with E-state index in [1.165, 1.54) is 0 Å². The van der Waals surface area contributed by atoms with Crippen LogP contribution in [0.3, 0.4) is 0 Å². The lowest BCUT2D eigenvalue weighted by molar-refractivity contribution is -0.0368. The minimum Gasteiger partial charge on any atom is -0.441 e. The van der Waals surface area contributed by atoms with E-state index in [9.17, 15) is 0 Å². The Morgan fingerprint density at radius 2 is 1.13 bits per heavy atom. The van der Waals surface area contributed by atoms with Crippen molar-refractivity contribution in [1.82, 2.24) is 0 Å². The molecule has 5 rings (SSSR count). The number of hydrogen-bond donors (Lipinski definition) is 0. The minimum atomic E-state index is -3.67. The topological polar surface area (TPSA) is 111 Å². The van der Waals surface area contributed by atoms with Crippen molar-refractivity contribution in [3.8, 4) is 0 Å². The van der Waals surface area contributed by atoms with Gasteiger partial charge in [0, 0.05) is 32.7 Å². The smallest absolute Gasteiger partial charge is 0.441 e. The van der Waals surface area contributed by atoms with Crippen molar-refractivity contribution >= 4 is 71.2 Å². The summed E-state index contributed by atoms with van der Waals surface area (Å²) < 4.78 is 77.3. The highest BCUT2D eigenvalue weighted by molar-refractivity contribution is 7.06. The fourth-order valence-corrected chi connectivity index (χ4v) is 47.6. The average Bonchev–Trinajstić information content (AvgIpc) is 2.70. The fraction of sp³-hybridized carbons (Fsp3) is 1.00. The first-order valence-corrected chi connectivity index (χ1v) is 27.0. The van der Waals surface area contributed by atoms with Gasteiger partial charge in [-0.15, -0.1) is 0 Å². The Morgan fingerprint density at radius 3 is 1.67 bits per heavy atom. The summed E-state index contributed by atoms with van der Waals surface area (Å²) in [6.07, 6.45) is 0. The molecule has 0 aromatic heterocycles. The molecule has 5 aliphatic heterocycles. The average molecular weight is 565 g/mol. The molecule has 0 radical (unpaired) electrons. The summed E-state index contributed by atoms with van der Waals surface area (Å²) >= 11 is 0. The van der Waals surface area contributed by atoms with E-state index in [2.05, 4.69) is 6.55 Å². The molecule has 6 bridgehead atoms. The van der Waals surface area contributed by atoms with E-state index >= 15 is 0 Å². The van der Waals surface area contributed by atoms with Gasteiger partial charge in [0.1, 0.15) is 16.6 Å². The lowest BCUT2D eigenvalue weighted by atomic mass is 10.8. The fourth-order valence-electron chi connectivity index (χ4n) is 4.72. The molecule has 172 valence electrons. The maximum atomic E-state index is 6.75. The van der Waals surface area contributed by atoms with Crippen LogP contribution in [0.15, 0.2) is 0 Å². The molecule has 12 nitrogen and oxygen atoms in total. The molecular formula is C10H28O12Si8. The van der Waals surface area contributed by atoms with Gasteiger partial charge in [-0.2, -0.15) is 0 Å². The predicted molar refractivity (Wildman–Crippen MR) is 116 cm³/mol. The molecule has 0 saturated carbocycles. The van der Waals surface area contributed by atoms with E-state index in [0.717, 1.165) is 0 Å². The third-order valence-corrected chi connectivity index (χ3v) is 39.5. The molecule has 0 aromatic carbocycles. The lowest BCUT2D eigenvalue weighted by Gasteiger charge is -2.58. The van der Waals surface area contributed by atoms with Crippen molar-refractivity contribution in [2.24, 2.45) is 0 Å². The zero-order valence-corrected chi connectivity index (χ0v) is 26.7. The normalized spacial score (nSPS) is 62.8. The van der Waals surface area contributed by atoms with Crippen LogP contribution < -0.4 is 0 Å². The van der Waals surface area contributed by atoms with Crippen molar-refractivity contribution in [1.29, 1.82) is 0 Å². The van der Waals surface area contributed by atoms with Gasteiger partial charge >= 0.3 is 61.4 Å². The van der Waals surface area contributed by atoms with E-state index in [1.807, 2.05) is 13.5 Å². The Kier molecular flexibility index (Phi) is 4.97. The highest BCUT2D eigenvalue weighted by Gasteiger charge is 2.89. The van der Waals surface area contributed by atoms with Gasteiger partial charge in [-0.1, -0.05) is 6.55 Å². The summed E-state index contributed by atoms with van der Waals surface area (Å²) in [6, 6.07) is 0. The third-order valence-electron chi connectivity index (χ3n) is 5.72. The summed E-state index contributed by atoms with van der Waals surface area (Å²) in [5.74, 6) is 0. The molecular weight excluding hydrogens is 537 g/mol. The van der Waals surface area contributed by atoms with Crippen LogP contribution in [0.5, 0.6) is 0 Å². The number of rotatable bonds is 2. The first-order chi connectivity index (χ1) is 13.6. The molecule has 5 fully saturated rings. The van der Waals surface area contributed by atoms with Crippen LogP contribution in [0, 0.1) is 0 Å². The zero-order valence-electron chi connectivity index (χ0n) is 18.3. The predicted octanol–water partition coefficient (Wildman–Crippen LogP) is 0.0345. The molecule has 0 amide bonds. The molecule has 1 spiro atoms. The van der Waals surface area contributed by atoms with Crippen LogP contribution in [-0.2, 0) is 50.3 Å². The van der Waals surface area contributed by atoms with Crippen molar-refractivity contribution in [3.63, 3.8) is 0 Å². The van der Waals surface area contributed by atoms with Crippen molar-refractivity contribution in [3.05, 3.63) is 0 Å². The Morgan fingerprint density at radius 1 is 0.667 bits per heavy atom. The minimum absolute atomic E-state index is 0.113. The van der Waals surface area contributed by atoms with Gasteiger partial charge in [0.2, 0.25) is 0 Å². The summed E-state index contributed by atoms with van der Waals surface area (Å²) in [5, 5.41) is 0. The van der Waals surface area contributed by atoms with Gasteiger partial charge in [0.15, 0.2) is 4.85 Å². The zero-order chi connectivity index (χ0) is 21.9. The van der Waals surface area contributed by atoms with E-state index in [1.54, 1.807) is 32.7 Å². The second-order valence-electron chi connectivity index (χ2n) is 8.61. The highest BCUT2D eigenvalue weighted by Crippen LogP contribution is 2.56. The Labute approximate surface area is 185 Å². The largest absolute Gasteiger partial charge is 0.513 e. The van der Waals surface area contributed by atoms with Crippen LogP contribution in [-0.4, -0.2) is 82.8 Å². The molecule has 0 N–H and O–H groups in total. The quantitative estimate of drug-likeness (QED) is 0.422. The molecule has 5 saturated heterocycles. The van der Waals surface area contributed by atoms with Crippen LogP contribution >= 0.6 is 0 Å². The third kappa shape index (κ3) is 3.21. The first kappa shape index (κ1) is 23.0. The summed E-state index contributed by atoms with van der Waals surface area (Å²) in [5.41, 5.74) is 0. The van der Waals surface area contributed by atoms with Crippen LogP contribution in [0.25, 0.3) is 0 Å². The van der Waals surface area contributed by atoms with Gasteiger partial charge in [-0.25, -0.2) is 0 Å². The van der Waals surface area contributed by atoms with E-state index in [-0.39, 0.29) is 6.79 Å². The summed E-state index contributed by atoms with van der Waals surface area (Å²) in [7, 11) is -24.4. The molecule has 5 heterocycles. The first-order valence-electron chi connectivity index (χ1n) is 9.86. The van der Waals surface area contributed by atoms with Crippen molar-refractivity contribution in [2.75, 3.05) is 6.79 Å². The lowest BCUT2D eigenvalue weighted by Crippen LogP contribution is -2.87. The maximum Gasteiger partial charge on any atom is 0.513 e. The van der Waals surface area contributed by atoms with E-state index in [0.29, 0.717) is 0 Å². The Hall–Kier alpha value is 1.26. The second-order valence-corrected chi connectivity index (χ2v) is 31.7. The molecule has 20 heteroatoms. The van der Waals surface area contributed by atoms with Crippen LogP contribution in [0.1, 0.15) is 6.92 Å². The molecule has 8 unspecified atom stereocenters. The van der Waals surface area contributed by atoms with Crippen LogP contribution in [0.4, 0.5) is 0 Å². The van der Waals surface area contributed by atoms with E-state index < -0.39 is 76.0 Å². The molecule has 30 heavy (non-hydrogen) atoms. The highest BCUT2D eigenvalue weighted by atomic mass is 28.6. The van der Waals surface area contributed by atoms with Gasteiger partial charge < -0.3 is 50.3 Å².